The molecule has 0 spiro atoms. The Morgan fingerprint density at radius 3 is 2.08 bits per heavy atom. The van der Waals surface area contributed by atoms with Crippen LogP contribution in [0.3, 0.4) is 0 Å². The van der Waals surface area contributed by atoms with Gasteiger partial charge in [-0.15, -0.1) is 6.58 Å². The summed E-state index contributed by atoms with van der Waals surface area (Å²) in [7, 11) is -0.823. The van der Waals surface area contributed by atoms with Crippen LogP contribution in [-0.2, 0) is 0 Å². The van der Waals surface area contributed by atoms with E-state index in [4.69, 9.17) is 4.52 Å². The molecule has 0 heterocycles. The SMILES string of the molecule is C=CCP(Oc1cccc2ccccc12)c1cccc2ccccc12. The number of benzene rings is 4. The van der Waals surface area contributed by atoms with E-state index in [-0.39, 0.29) is 0 Å². The van der Waals surface area contributed by atoms with Crippen molar-refractivity contribution in [3.63, 3.8) is 0 Å². The van der Waals surface area contributed by atoms with Crippen molar-refractivity contribution in [2.75, 3.05) is 6.16 Å². The maximum absolute atomic E-state index is 6.56. The van der Waals surface area contributed by atoms with E-state index in [0.29, 0.717) is 0 Å². The molecule has 0 saturated carbocycles. The number of fused-ring (bicyclic) bond motifs is 2. The maximum Gasteiger partial charge on any atom is 0.131 e. The minimum absolute atomic E-state index is 0.823. The van der Waals surface area contributed by atoms with Crippen molar-refractivity contribution in [2.24, 2.45) is 0 Å². The molecule has 4 rings (SSSR count). The molecule has 25 heavy (non-hydrogen) atoms. The van der Waals surface area contributed by atoms with Crippen molar-refractivity contribution in [2.45, 2.75) is 0 Å². The van der Waals surface area contributed by atoms with E-state index >= 15 is 0 Å². The molecule has 4 aromatic rings. The van der Waals surface area contributed by atoms with Crippen molar-refractivity contribution >= 4 is 35.0 Å². The van der Waals surface area contributed by atoms with Gasteiger partial charge in [0.25, 0.3) is 0 Å². The third kappa shape index (κ3) is 3.16. The Kier molecular flexibility index (Phi) is 4.50. The zero-order chi connectivity index (χ0) is 17.1. The van der Waals surface area contributed by atoms with E-state index < -0.39 is 8.15 Å². The number of hydrogen-bond donors (Lipinski definition) is 0. The minimum atomic E-state index is -0.823. The molecule has 0 fully saturated rings. The minimum Gasteiger partial charge on any atom is -0.468 e. The van der Waals surface area contributed by atoms with Gasteiger partial charge >= 0.3 is 0 Å². The van der Waals surface area contributed by atoms with E-state index in [1.807, 2.05) is 6.08 Å². The molecule has 1 nitrogen and oxygen atoms in total. The summed E-state index contributed by atoms with van der Waals surface area (Å²) in [6, 6.07) is 29.5. The van der Waals surface area contributed by atoms with E-state index in [1.54, 1.807) is 0 Å². The van der Waals surface area contributed by atoms with E-state index in [9.17, 15) is 0 Å². The van der Waals surface area contributed by atoms with Crippen molar-refractivity contribution in [3.05, 3.63) is 97.6 Å². The molecule has 0 aliphatic rings. The lowest BCUT2D eigenvalue weighted by Crippen LogP contribution is -2.09. The highest BCUT2D eigenvalue weighted by molar-refractivity contribution is 7.62. The summed E-state index contributed by atoms with van der Waals surface area (Å²) in [5, 5.41) is 6.13. The second-order valence-electron chi connectivity index (χ2n) is 5.92. The molecule has 0 aromatic heterocycles. The van der Waals surface area contributed by atoms with Gasteiger partial charge in [-0.25, -0.2) is 0 Å². The molecular formula is C23H19OP. The van der Waals surface area contributed by atoms with Crippen LogP contribution in [0, 0.1) is 0 Å². The Bertz CT molecular complexity index is 1030. The quantitative estimate of drug-likeness (QED) is 0.306. The zero-order valence-electron chi connectivity index (χ0n) is 13.9. The van der Waals surface area contributed by atoms with Crippen LogP contribution in [0.5, 0.6) is 5.75 Å². The third-order valence-corrected chi connectivity index (χ3v) is 6.22. The van der Waals surface area contributed by atoms with E-state index in [2.05, 4.69) is 91.5 Å². The molecule has 4 aromatic carbocycles. The molecule has 0 aliphatic heterocycles. The van der Waals surface area contributed by atoms with Gasteiger partial charge in [0.2, 0.25) is 0 Å². The molecular weight excluding hydrogens is 323 g/mol. The first-order chi connectivity index (χ1) is 12.4. The largest absolute Gasteiger partial charge is 0.468 e. The number of rotatable bonds is 5. The average Bonchev–Trinajstić information content (AvgIpc) is 2.67. The van der Waals surface area contributed by atoms with Gasteiger partial charge in [-0.2, -0.15) is 0 Å². The van der Waals surface area contributed by atoms with Crippen molar-refractivity contribution in [1.29, 1.82) is 0 Å². The molecule has 2 heteroatoms. The number of hydrogen-bond acceptors (Lipinski definition) is 1. The summed E-state index contributed by atoms with van der Waals surface area (Å²) < 4.78 is 6.56. The fraction of sp³-hybridized carbons (Fsp3) is 0.0435. The first-order valence-corrected chi connectivity index (χ1v) is 9.83. The van der Waals surface area contributed by atoms with Crippen molar-refractivity contribution in [1.82, 2.24) is 0 Å². The summed E-state index contributed by atoms with van der Waals surface area (Å²) in [5.74, 6) is 0.944. The van der Waals surface area contributed by atoms with Crippen molar-refractivity contribution < 1.29 is 4.52 Å². The van der Waals surface area contributed by atoms with E-state index in [1.165, 1.54) is 21.5 Å². The monoisotopic (exact) mass is 342 g/mol. The van der Waals surface area contributed by atoms with Gasteiger partial charge in [0.15, 0.2) is 0 Å². The summed E-state index contributed by atoms with van der Waals surface area (Å²) in [5.41, 5.74) is 0. The molecule has 0 N–H and O–H groups in total. The lowest BCUT2D eigenvalue weighted by atomic mass is 10.1. The standard InChI is InChI=1S/C23H19OP/c1-2-17-25(23-16-8-12-19-10-4-6-14-21(19)23)24-22-15-7-11-18-9-3-5-13-20(18)22/h2-16H,1,17H2. The highest BCUT2D eigenvalue weighted by Gasteiger charge is 2.16. The Morgan fingerprint density at radius 1 is 0.720 bits per heavy atom. The summed E-state index contributed by atoms with van der Waals surface area (Å²) in [6.45, 7) is 3.95. The topological polar surface area (TPSA) is 9.23 Å². The van der Waals surface area contributed by atoms with Gasteiger partial charge in [0.05, 0.1) is 0 Å². The van der Waals surface area contributed by atoms with Crippen LogP contribution >= 0.6 is 8.15 Å². The molecule has 0 saturated heterocycles. The fourth-order valence-corrected chi connectivity index (χ4v) is 4.85. The Balaban J connectivity index is 1.80. The van der Waals surface area contributed by atoms with Crippen molar-refractivity contribution in [3.8, 4) is 5.75 Å². The fourth-order valence-electron chi connectivity index (χ4n) is 3.12. The zero-order valence-corrected chi connectivity index (χ0v) is 14.8. The highest BCUT2D eigenvalue weighted by atomic mass is 31.1. The highest BCUT2D eigenvalue weighted by Crippen LogP contribution is 2.41. The molecule has 0 aliphatic carbocycles. The number of allylic oxidation sites excluding steroid dienone is 1. The van der Waals surface area contributed by atoms with Gasteiger partial charge in [-0.3, -0.25) is 0 Å². The van der Waals surface area contributed by atoms with Crippen LogP contribution in [0.15, 0.2) is 97.6 Å². The average molecular weight is 342 g/mol. The summed E-state index contributed by atoms with van der Waals surface area (Å²) in [4.78, 5) is 0. The van der Waals surface area contributed by atoms with Crippen LogP contribution in [0.4, 0.5) is 0 Å². The summed E-state index contributed by atoms with van der Waals surface area (Å²) in [6.07, 6.45) is 2.78. The smallest absolute Gasteiger partial charge is 0.131 e. The lowest BCUT2D eigenvalue weighted by Gasteiger charge is -2.20. The molecule has 1 atom stereocenters. The predicted octanol–water partition coefficient (Wildman–Crippen LogP) is 6.28. The summed E-state index contributed by atoms with van der Waals surface area (Å²) >= 11 is 0. The first-order valence-electron chi connectivity index (χ1n) is 8.39. The van der Waals surface area contributed by atoms with Gasteiger partial charge < -0.3 is 4.52 Å². The van der Waals surface area contributed by atoms with Crippen LogP contribution in [0.2, 0.25) is 0 Å². The Labute approximate surface area is 149 Å². The Morgan fingerprint density at radius 2 is 1.32 bits per heavy atom. The molecule has 0 bridgehead atoms. The van der Waals surface area contributed by atoms with Gasteiger partial charge in [-0.05, 0) is 22.2 Å². The normalized spacial score (nSPS) is 12.2. The van der Waals surface area contributed by atoms with Gasteiger partial charge in [-0.1, -0.05) is 84.9 Å². The van der Waals surface area contributed by atoms with Crippen LogP contribution in [0.1, 0.15) is 0 Å². The van der Waals surface area contributed by atoms with Crippen LogP contribution in [-0.4, -0.2) is 6.16 Å². The van der Waals surface area contributed by atoms with E-state index in [0.717, 1.165) is 17.3 Å². The predicted molar refractivity (Wildman–Crippen MR) is 110 cm³/mol. The molecule has 0 radical (unpaired) electrons. The molecule has 0 amide bonds. The molecule has 122 valence electrons. The first kappa shape index (κ1) is 15.9. The second-order valence-corrected chi connectivity index (χ2v) is 7.70. The molecule has 1 unspecified atom stereocenters. The lowest BCUT2D eigenvalue weighted by molar-refractivity contribution is 0.632. The van der Waals surface area contributed by atoms with Gasteiger partial charge in [0, 0.05) is 16.9 Å². The second kappa shape index (κ2) is 7.09. The Hall–Kier alpha value is -2.63. The third-order valence-electron chi connectivity index (χ3n) is 4.29. The maximum atomic E-state index is 6.56. The van der Waals surface area contributed by atoms with Crippen LogP contribution < -0.4 is 9.83 Å². The van der Waals surface area contributed by atoms with Crippen LogP contribution in [0.25, 0.3) is 21.5 Å². The van der Waals surface area contributed by atoms with Gasteiger partial charge in [0.1, 0.15) is 13.9 Å².